The molecule has 3 N–H and O–H groups in total. The van der Waals surface area contributed by atoms with E-state index in [1.807, 2.05) is 0 Å². The minimum absolute atomic E-state index is 0.882. The largest absolute Gasteiger partial charge is 0.361 e. The molecular formula is C42H42N6S3. The van der Waals surface area contributed by atoms with Gasteiger partial charge in [-0.2, -0.15) is 0 Å². The van der Waals surface area contributed by atoms with Gasteiger partial charge in [-0.15, -0.1) is 34.0 Å². The standard InChI is InChI=1S/C42H42N6S3/c1-4-13-31(14-5-1)19-10-22-43-40-46-37(28-49-40)34-25-35(38-29-50-41(47-38)44-23-11-20-32-15-6-2-7-16-32)27-36(26-34)39-30-51-42(48-39)45-24-12-21-33-17-8-3-9-18-33/h1-9,13-18,25-30H,10-12,19-24H2,(H,43,46)(H,44,47)(H,45,48). The summed E-state index contributed by atoms with van der Waals surface area (Å²) in [6.07, 6.45) is 6.30. The normalized spacial score (nSPS) is 11.1. The molecule has 0 unspecified atom stereocenters. The van der Waals surface area contributed by atoms with Crippen molar-refractivity contribution >= 4 is 49.4 Å². The van der Waals surface area contributed by atoms with Gasteiger partial charge in [-0.3, -0.25) is 0 Å². The van der Waals surface area contributed by atoms with Crippen molar-refractivity contribution < 1.29 is 0 Å². The van der Waals surface area contributed by atoms with Crippen LogP contribution in [0.4, 0.5) is 15.4 Å². The van der Waals surface area contributed by atoms with Crippen LogP contribution in [0.15, 0.2) is 125 Å². The van der Waals surface area contributed by atoms with Crippen LogP contribution < -0.4 is 16.0 Å². The van der Waals surface area contributed by atoms with Crippen LogP contribution in [0.3, 0.4) is 0 Å². The second kappa shape index (κ2) is 17.9. The van der Waals surface area contributed by atoms with Gasteiger partial charge in [0, 0.05) is 52.5 Å². The SMILES string of the molecule is c1ccc(CCCNc2nc(-c3cc(-c4csc(NCCCc5ccccc5)n4)cc(-c4csc(NCCCc5ccccc5)n4)c3)cs2)cc1. The lowest BCUT2D eigenvalue weighted by Gasteiger charge is -2.07. The fourth-order valence-electron chi connectivity index (χ4n) is 5.93. The van der Waals surface area contributed by atoms with Crippen molar-refractivity contribution in [3.05, 3.63) is 142 Å². The minimum Gasteiger partial charge on any atom is -0.361 e. The number of hydrogen-bond donors (Lipinski definition) is 3. The van der Waals surface area contributed by atoms with Crippen molar-refractivity contribution in [2.24, 2.45) is 0 Å². The Morgan fingerprint density at radius 2 is 0.686 bits per heavy atom. The number of aromatic nitrogens is 3. The van der Waals surface area contributed by atoms with E-state index >= 15 is 0 Å². The molecule has 0 spiro atoms. The molecule has 0 fully saturated rings. The van der Waals surface area contributed by atoms with Gasteiger partial charge in [0.05, 0.1) is 17.1 Å². The lowest BCUT2D eigenvalue weighted by atomic mass is 10.0. The predicted octanol–water partition coefficient (Wildman–Crippen LogP) is 11.2. The van der Waals surface area contributed by atoms with E-state index in [-0.39, 0.29) is 0 Å². The van der Waals surface area contributed by atoms with Crippen LogP contribution in [0, 0.1) is 0 Å². The molecule has 0 aliphatic heterocycles. The topological polar surface area (TPSA) is 74.8 Å². The van der Waals surface area contributed by atoms with Crippen molar-refractivity contribution in [2.45, 2.75) is 38.5 Å². The van der Waals surface area contributed by atoms with Crippen LogP contribution in [-0.4, -0.2) is 34.6 Å². The van der Waals surface area contributed by atoms with E-state index in [9.17, 15) is 0 Å². The van der Waals surface area contributed by atoms with Gasteiger partial charge >= 0.3 is 0 Å². The number of nitrogens with zero attached hydrogens (tertiary/aromatic N) is 3. The Balaban J connectivity index is 1.04. The predicted molar refractivity (Wildman–Crippen MR) is 220 cm³/mol. The summed E-state index contributed by atoms with van der Waals surface area (Å²) >= 11 is 4.96. The highest BCUT2D eigenvalue weighted by molar-refractivity contribution is 7.14. The summed E-state index contributed by atoms with van der Waals surface area (Å²) in [4.78, 5) is 15.0. The molecule has 3 heterocycles. The first-order valence-electron chi connectivity index (χ1n) is 17.6. The third-order valence-electron chi connectivity index (χ3n) is 8.62. The highest BCUT2D eigenvalue weighted by Crippen LogP contribution is 2.36. The van der Waals surface area contributed by atoms with E-state index in [0.717, 1.165) is 107 Å². The third-order valence-corrected chi connectivity index (χ3v) is 11.0. The van der Waals surface area contributed by atoms with E-state index in [2.05, 4.69) is 141 Å². The Kier molecular flexibility index (Phi) is 12.1. The van der Waals surface area contributed by atoms with Gasteiger partial charge in [0.25, 0.3) is 0 Å². The fourth-order valence-corrected chi connectivity index (χ4v) is 8.18. The van der Waals surface area contributed by atoms with E-state index in [1.165, 1.54) is 16.7 Å². The van der Waals surface area contributed by atoms with Crippen molar-refractivity contribution in [3.8, 4) is 33.8 Å². The van der Waals surface area contributed by atoms with Gasteiger partial charge < -0.3 is 16.0 Å². The van der Waals surface area contributed by atoms with Crippen molar-refractivity contribution in [3.63, 3.8) is 0 Å². The molecular weight excluding hydrogens is 685 g/mol. The number of thiazole rings is 3. The zero-order valence-electron chi connectivity index (χ0n) is 28.6. The number of hydrogen-bond acceptors (Lipinski definition) is 9. The number of rotatable bonds is 18. The molecule has 4 aromatic carbocycles. The first-order valence-corrected chi connectivity index (χ1v) is 20.3. The first-order chi connectivity index (χ1) is 25.2. The monoisotopic (exact) mass is 726 g/mol. The molecule has 0 saturated heterocycles. The second-order valence-corrected chi connectivity index (χ2v) is 15.0. The maximum Gasteiger partial charge on any atom is 0.183 e. The van der Waals surface area contributed by atoms with Crippen LogP contribution in [-0.2, 0) is 19.3 Å². The summed E-state index contributed by atoms with van der Waals surface area (Å²) in [5.41, 5.74) is 10.1. The molecule has 0 saturated carbocycles. The lowest BCUT2D eigenvalue weighted by Crippen LogP contribution is -2.02. The van der Waals surface area contributed by atoms with Gasteiger partial charge in [-0.1, -0.05) is 91.0 Å². The summed E-state index contributed by atoms with van der Waals surface area (Å²) in [5, 5.41) is 19.9. The Morgan fingerprint density at radius 1 is 0.392 bits per heavy atom. The Labute approximate surface area is 312 Å². The molecule has 51 heavy (non-hydrogen) atoms. The van der Waals surface area contributed by atoms with E-state index in [4.69, 9.17) is 15.0 Å². The molecule has 0 bridgehead atoms. The van der Waals surface area contributed by atoms with Crippen LogP contribution in [0.1, 0.15) is 36.0 Å². The second-order valence-electron chi connectivity index (χ2n) is 12.5. The molecule has 0 aliphatic carbocycles. The highest BCUT2D eigenvalue weighted by Gasteiger charge is 2.14. The highest BCUT2D eigenvalue weighted by atomic mass is 32.1. The van der Waals surface area contributed by atoms with Crippen molar-refractivity contribution in [2.75, 3.05) is 35.6 Å². The summed E-state index contributed by atoms with van der Waals surface area (Å²) in [6, 6.07) is 38.6. The van der Waals surface area contributed by atoms with Crippen LogP contribution in [0.25, 0.3) is 33.8 Å². The van der Waals surface area contributed by atoms with Gasteiger partial charge in [0.15, 0.2) is 15.4 Å². The van der Waals surface area contributed by atoms with Crippen molar-refractivity contribution in [1.29, 1.82) is 0 Å². The number of anilines is 3. The van der Waals surface area contributed by atoms with Gasteiger partial charge in [-0.25, -0.2) is 15.0 Å². The van der Waals surface area contributed by atoms with Gasteiger partial charge in [0.2, 0.25) is 0 Å². The summed E-state index contributed by atoms with van der Waals surface area (Å²) < 4.78 is 0. The smallest absolute Gasteiger partial charge is 0.183 e. The number of aryl methyl sites for hydroxylation is 3. The molecule has 3 aromatic heterocycles. The third kappa shape index (κ3) is 10.1. The molecule has 258 valence electrons. The molecule has 0 amide bonds. The van der Waals surface area contributed by atoms with Crippen LogP contribution in [0.2, 0.25) is 0 Å². The van der Waals surface area contributed by atoms with Gasteiger partial charge in [0.1, 0.15) is 0 Å². The Hall–Kier alpha value is -4.83. The van der Waals surface area contributed by atoms with Crippen LogP contribution >= 0.6 is 34.0 Å². The zero-order chi connectivity index (χ0) is 34.5. The molecule has 6 nitrogen and oxygen atoms in total. The molecule has 0 radical (unpaired) electrons. The van der Waals surface area contributed by atoms with Gasteiger partial charge in [-0.05, 0) is 73.4 Å². The van der Waals surface area contributed by atoms with Crippen LogP contribution in [0.5, 0.6) is 0 Å². The molecule has 7 rings (SSSR count). The summed E-state index contributed by atoms with van der Waals surface area (Å²) in [6.45, 7) is 2.65. The van der Waals surface area contributed by atoms with Crippen molar-refractivity contribution in [1.82, 2.24) is 15.0 Å². The number of nitrogens with one attached hydrogen (secondary N) is 3. The fraction of sp³-hybridized carbons (Fsp3) is 0.214. The maximum absolute atomic E-state index is 5.00. The number of benzene rings is 4. The summed E-state index contributed by atoms with van der Waals surface area (Å²) in [7, 11) is 0. The summed E-state index contributed by atoms with van der Waals surface area (Å²) in [5.74, 6) is 0. The molecule has 7 aromatic rings. The lowest BCUT2D eigenvalue weighted by molar-refractivity contribution is 0.862. The van der Waals surface area contributed by atoms with E-state index in [1.54, 1.807) is 34.0 Å². The molecule has 9 heteroatoms. The maximum atomic E-state index is 5.00. The quantitative estimate of drug-likeness (QED) is 0.0765. The zero-order valence-corrected chi connectivity index (χ0v) is 31.0. The average molecular weight is 727 g/mol. The average Bonchev–Trinajstić information content (AvgIpc) is 3.97. The Morgan fingerprint density at radius 3 is 0.980 bits per heavy atom. The molecule has 0 atom stereocenters. The first kappa shape index (κ1) is 34.6. The minimum atomic E-state index is 0.882. The Bertz CT molecular complexity index is 1820. The van der Waals surface area contributed by atoms with E-state index in [0.29, 0.717) is 0 Å². The molecule has 0 aliphatic rings. The van der Waals surface area contributed by atoms with E-state index < -0.39 is 0 Å².